The molecule has 1 N–H and O–H groups in total. The molecule has 1 atom stereocenters. The highest BCUT2D eigenvalue weighted by molar-refractivity contribution is 6.25. The van der Waals surface area contributed by atoms with Gasteiger partial charge in [0.25, 0.3) is 0 Å². The summed E-state index contributed by atoms with van der Waals surface area (Å²) in [6.45, 7) is 11.6. The smallest absolute Gasteiger partial charge is 0.337 e. The fraction of sp³-hybridized carbons (Fsp3) is 0.440. The summed E-state index contributed by atoms with van der Waals surface area (Å²) in [6.07, 6.45) is 2.10. The van der Waals surface area contributed by atoms with Gasteiger partial charge in [0.2, 0.25) is 0 Å². The highest BCUT2D eigenvalue weighted by Crippen LogP contribution is 2.43. The number of Topliss-reactive ketones (excluding diaryl/α,β-unsaturated/α-hetero) is 1. The number of carbonyl (C=O) groups excluding carboxylic acids is 1. The molecule has 0 unspecified atom stereocenters. The second-order valence-corrected chi connectivity index (χ2v) is 9.62. The molecule has 0 heterocycles. The zero-order valence-corrected chi connectivity index (χ0v) is 18.1. The molecule has 29 heavy (non-hydrogen) atoms. The van der Waals surface area contributed by atoms with Crippen LogP contribution in [0.4, 0.5) is 0 Å². The Balaban J connectivity index is 2.40. The van der Waals surface area contributed by atoms with Crippen LogP contribution < -0.4 is 0 Å². The van der Waals surface area contributed by atoms with Crippen molar-refractivity contribution in [3.05, 3.63) is 53.1 Å². The predicted octanol–water partition coefficient (Wildman–Crippen LogP) is 5.86. The van der Waals surface area contributed by atoms with E-state index in [-0.39, 0.29) is 11.2 Å². The second kappa shape index (κ2) is 7.42. The molecule has 0 aromatic heterocycles. The third-order valence-corrected chi connectivity index (χ3v) is 5.36. The minimum absolute atomic E-state index is 0.0567. The molecule has 0 saturated heterocycles. The molecule has 154 valence electrons. The molecule has 1 aliphatic carbocycles. The number of carbonyl (C=O) groups is 2. The second-order valence-electron chi connectivity index (χ2n) is 9.62. The van der Waals surface area contributed by atoms with Crippen molar-refractivity contribution in [3.63, 3.8) is 0 Å². The summed E-state index contributed by atoms with van der Waals surface area (Å²) >= 11 is 0. The van der Waals surface area contributed by atoms with E-state index < -0.39 is 17.7 Å². The number of ketones is 1. The highest BCUT2D eigenvalue weighted by Gasteiger charge is 2.35. The Kier molecular flexibility index (Phi) is 5.44. The summed E-state index contributed by atoms with van der Waals surface area (Å²) in [5.74, 6) is -0.996. The monoisotopic (exact) mass is 394 g/mol. The number of fused-ring (bicyclic) bond motifs is 1. The van der Waals surface area contributed by atoms with Crippen LogP contribution in [0.3, 0.4) is 0 Å². The SMILES string of the molecule is Cc1cc2ccccc2c(C2=CC(C)(C)CCC2=O)c1[C@H](OC(C)(C)C)C(=O)O. The lowest BCUT2D eigenvalue weighted by atomic mass is 9.75. The number of benzene rings is 2. The van der Waals surface area contributed by atoms with Gasteiger partial charge in [0.1, 0.15) is 0 Å². The van der Waals surface area contributed by atoms with Gasteiger partial charge in [0.05, 0.1) is 5.60 Å². The van der Waals surface area contributed by atoms with Crippen LogP contribution in [-0.2, 0) is 14.3 Å². The third kappa shape index (κ3) is 4.43. The maximum atomic E-state index is 13.0. The zero-order chi connectivity index (χ0) is 21.6. The summed E-state index contributed by atoms with van der Waals surface area (Å²) in [7, 11) is 0. The van der Waals surface area contributed by atoms with Crippen molar-refractivity contribution in [3.8, 4) is 0 Å². The molecule has 1 aliphatic rings. The van der Waals surface area contributed by atoms with Crippen LogP contribution in [0.1, 0.15) is 70.3 Å². The van der Waals surface area contributed by atoms with E-state index in [9.17, 15) is 14.7 Å². The van der Waals surface area contributed by atoms with Gasteiger partial charge >= 0.3 is 5.97 Å². The van der Waals surface area contributed by atoms with Crippen LogP contribution in [0.5, 0.6) is 0 Å². The lowest BCUT2D eigenvalue weighted by Crippen LogP contribution is -2.29. The van der Waals surface area contributed by atoms with Gasteiger partial charge in [-0.05, 0) is 61.4 Å². The zero-order valence-electron chi connectivity index (χ0n) is 18.1. The minimum Gasteiger partial charge on any atom is -0.479 e. The Morgan fingerprint density at radius 1 is 1.21 bits per heavy atom. The highest BCUT2D eigenvalue weighted by atomic mass is 16.5. The molecule has 4 heteroatoms. The van der Waals surface area contributed by atoms with Crippen LogP contribution in [0.25, 0.3) is 16.3 Å². The molecule has 0 aliphatic heterocycles. The average molecular weight is 395 g/mol. The third-order valence-electron chi connectivity index (χ3n) is 5.36. The molecule has 3 rings (SSSR count). The summed E-state index contributed by atoms with van der Waals surface area (Å²) < 4.78 is 6.00. The van der Waals surface area contributed by atoms with Gasteiger partial charge in [0.15, 0.2) is 11.9 Å². The van der Waals surface area contributed by atoms with Crippen LogP contribution >= 0.6 is 0 Å². The van der Waals surface area contributed by atoms with Crippen LogP contribution in [0.15, 0.2) is 36.4 Å². The van der Waals surface area contributed by atoms with Gasteiger partial charge in [-0.25, -0.2) is 4.79 Å². The van der Waals surface area contributed by atoms with E-state index in [1.807, 2.05) is 64.1 Å². The number of carboxylic acids is 1. The molecule has 0 saturated carbocycles. The van der Waals surface area contributed by atoms with Crippen molar-refractivity contribution in [1.29, 1.82) is 0 Å². The first kappa shape index (κ1) is 21.3. The van der Waals surface area contributed by atoms with Gasteiger partial charge in [-0.2, -0.15) is 0 Å². The fourth-order valence-corrected chi connectivity index (χ4v) is 4.04. The molecule has 0 fully saturated rings. The Hall–Kier alpha value is -2.46. The molecular formula is C25H30O4. The first-order chi connectivity index (χ1) is 13.4. The number of carboxylic acid groups (broad SMARTS) is 1. The summed E-state index contributed by atoms with van der Waals surface area (Å²) in [5.41, 5.74) is 1.92. The molecular weight excluding hydrogens is 364 g/mol. The first-order valence-corrected chi connectivity index (χ1v) is 10.1. The van der Waals surface area contributed by atoms with Crippen molar-refractivity contribution in [1.82, 2.24) is 0 Å². The van der Waals surface area contributed by atoms with Gasteiger partial charge < -0.3 is 9.84 Å². The van der Waals surface area contributed by atoms with Gasteiger partial charge in [-0.3, -0.25) is 4.79 Å². The van der Waals surface area contributed by atoms with E-state index in [0.717, 1.165) is 22.8 Å². The number of allylic oxidation sites excluding steroid dienone is 2. The summed E-state index contributed by atoms with van der Waals surface area (Å²) in [6, 6.07) is 9.81. The number of hydrogen-bond acceptors (Lipinski definition) is 3. The average Bonchev–Trinajstić information content (AvgIpc) is 2.60. The molecule has 0 radical (unpaired) electrons. The molecule has 2 aromatic rings. The van der Waals surface area contributed by atoms with Crippen LogP contribution in [-0.4, -0.2) is 22.5 Å². The van der Waals surface area contributed by atoms with E-state index in [0.29, 0.717) is 23.1 Å². The molecule has 4 nitrogen and oxygen atoms in total. The Bertz CT molecular complexity index is 1010. The Morgan fingerprint density at radius 3 is 2.48 bits per heavy atom. The normalized spacial score (nSPS) is 17.9. The number of aliphatic carboxylic acids is 1. The molecule has 0 bridgehead atoms. The first-order valence-electron chi connectivity index (χ1n) is 10.1. The maximum absolute atomic E-state index is 13.0. The van der Waals surface area contributed by atoms with Gasteiger partial charge in [-0.1, -0.05) is 50.3 Å². The summed E-state index contributed by atoms with van der Waals surface area (Å²) in [5, 5.41) is 11.9. The number of aryl methyl sites for hydroxylation is 1. The fourth-order valence-electron chi connectivity index (χ4n) is 4.04. The topological polar surface area (TPSA) is 63.6 Å². The van der Waals surface area contributed by atoms with E-state index in [4.69, 9.17) is 4.74 Å². The Labute approximate surface area is 172 Å². The van der Waals surface area contributed by atoms with E-state index >= 15 is 0 Å². The number of hydrogen-bond donors (Lipinski definition) is 1. The van der Waals surface area contributed by atoms with E-state index in [1.54, 1.807) is 0 Å². The molecule has 2 aromatic carbocycles. The van der Waals surface area contributed by atoms with Crippen molar-refractivity contribution < 1.29 is 19.4 Å². The largest absolute Gasteiger partial charge is 0.479 e. The van der Waals surface area contributed by atoms with Crippen molar-refractivity contribution in [2.45, 2.75) is 66.1 Å². The Morgan fingerprint density at radius 2 is 1.86 bits per heavy atom. The maximum Gasteiger partial charge on any atom is 0.337 e. The molecule has 0 amide bonds. The van der Waals surface area contributed by atoms with E-state index in [2.05, 4.69) is 13.8 Å². The van der Waals surface area contributed by atoms with Crippen LogP contribution in [0.2, 0.25) is 0 Å². The quantitative estimate of drug-likeness (QED) is 0.705. The van der Waals surface area contributed by atoms with Crippen LogP contribution in [0, 0.1) is 12.3 Å². The lowest BCUT2D eigenvalue weighted by Gasteiger charge is -2.31. The minimum atomic E-state index is -1.16. The van der Waals surface area contributed by atoms with Crippen molar-refractivity contribution in [2.75, 3.05) is 0 Å². The lowest BCUT2D eigenvalue weighted by molar-refractivity contribution is -0.160. The standard InChI is InChI=1S/C25H30O4/c1-15-13-16-9-7-8-10-17(16)21(18-14-25(5,6)12-11-19(18)26)20(15)22(23(27)28)29-24(2,3)4/h7-10,13-14,22H,11-12H2,1-6H3,(H,27,28)/t22-/m0/s1. The van der Waals surface area contributed by atoms with Crippen molar-refractivity contribution >= 4 is 28.1 Å². The number of ether oxygens (including phenoxy) is 1. The van der Waals surface area contributed by atoms with Crippen molar-refractivity contribution in [2.24, 2.45) is 5.41 Å². The summed E-state index contributed by atoms with van der Waals surface area (Å²) in [4.78, 5) is 25.3. The van der Waals surface area contributed by atoms with Gasteiger partial charge in [0, 0.05) is 17.6 Å². The number of rotatable bonds is 4. The predicted molar refractivity (Wildman–Crippen MR) is 116 cm³/mol. The van der Waals surface area contributed by atoms with E-state index in [1.165, 1.54) is 0 Å². The van der Waals surface area contributed by atoms with Gasteiger partial charge in [-0.15, -0.1) is 0 Å². The molecule has 0 spiro atoms.